The van der Waals surface area contributed by atoms with Gasteiger partial charge in [-0.25, -0.2) is 9.97 Å². The van der Waals surface area contributed by atoms with E-state index < -0.39 is 0 Å². The smallest absolute Gasteiger partial charge is 0.235 e. The van der Waals surface area contributed by atoms with Crippen LogP contribution in [0.2, 0.25) is 0 Å². The Labute approximate surface area is 321 Å². The van der Waals surface area contributed by atoms with Gasteiger partial charge in [-0.2, -0.15) is 0 Å². The lowest BCUT2D eigenvalue weighted by atomic mass is 9.96. The number of aromatic nitrogens is 3. The van der Waals surface area contributed by atoms with Gasteiger partial charge >= 0.3 is 0 Å². The van der Waals surface area contributed by atoms with Crippen LogP contribution >= 0.6 is 0 Å². The Morgan fingerprint density at radius 1 is 0.375 bits per heavy atom. The predicted octanol–water partition coefficient (Wildman–Crippen LogP) is 13.9. The molecule has 12 rings (SSSR count). The molecule has 0 saturated carbocycles. The van der Waals surface area contributed by atoms with Gasteiger partial charge in [0.15, 0.2) is 0 Å². The van der Waals surface area contributed by atoms with E-state index in [2.05, 4.69) is 180 Å². The summed E-state index contributed by atoms with van der Waals surface area (Å²) in [6.07, 6.45) is 0. The van der Waals surface area contributed by atoms with Crippen molar-refractivity contribution in [1.82, 2.24) is 14.5 Å². The number of hydrogen-bond donors (Lipinski definition) is 0. The molecule has 0 saturated heterocycles. The van der Waals surface area contributed by atoms with Crippen molar-refractivity contribution in [2.24, 2.45) is 0 Å². The molecule has 4 heteroatoms. The minimum atomic E-state index is 0.629. The number of benzene rings is 9. The second-order valence-electron chi connectivity index (χ2n) is 14.5. The number of nitrogens with zero attached hydrogens (tertiary/aromatic N) is 3. The Hall–Kier alpha value is -7.56. The third-order valence-electron chi connectivity index (χ3n) is 11.4. The lowest BCUT2D eigenvalue weighted by Crippen LogP contribution is -2.04. The average Bonchev–Trinajstić information content (AvgIpc) is 3.82. The van der Waals surface area contributed by atoms with E-state index in [0.717, 1.165) is 71.6 Å². The second kappa shape index (κ2) is 12.0. The summed E-state index contributed by atoms with van der Waals surface area (Å²) in [6, 6.07) is 66.6. The van der Waals surface area contributed by atoms with Crippen molar-refractivity contribution in [3.8, 4) is 39.5 Å². The molecule has 0 atom stereocenters. The molecule has 0 N–H and O–H groups in total. The van der Waals surface area contributed by atoms with Crippen molar-refractivity contribution in [2.75, 3.05) is 0 Å². The highest BCUT2D eigenvalue weighted by Crippen LogP contribution is 2.44. The highest BCUT2D eigenvalue weighted by molar-refractivity contribution is 6.25. The number of para-hydroxylation sites is 3. The van der Waals surface area contributed by atoms with Gasteiger partial charge in [-0.15, -0.1) is 0 Å². The van der Waals surface area contributed by atoms with Crippen molar-refractivity contribution in [2.45, 2.75) is 0 Å². The minimum Gasteiger partial charge on any atom is -0.456 e. The first-order valence-corrected chi connectivity index (χ1v) is 19.0. The normalized spacial score (nSPS) is 11.9. The van der Waals surface area contributed by atoms with Crippen LogP contribution in [0, 0.1) is 0 Å². The minimum absolute atomic E-state index is 0.629. The third kappa shape index (κ3) is 4.53. The maximum atomic E-state index is 6.40. The van der Waals surface area contributed by atoms with E-state index >= 15 is 0 Å². The molecule has 0 aliphatic rings. The van der Waals surface area contributed by atoms with E-state index in [0.29, 0.717) is 5.95 Å². The highest BCUT2D eigenvalue weighted by Gasteiger charge is 2.23. The molecule has 0 aliphatic carbocycles. The predicted molar refractivity (Wildman–Crippen MR) is 232 cm³/mol. The van der Waals surface area contributed by atoms with Crippen molar-refractivity contribution < 1.29 is 4.42 Å². The SMILES string of the molecule is c1ccc2c(-c3ccc(-c4nc(-n5c6ccc7ccccc7c6c6cccc(-c7cccc8oc9ccccc9c78)c65)nc5ccccc45)cc3)cccc2c1. The van der Waals surface area contributed by atoms with Gasteiger partial charge in [0.2, 0.25) is 5.95 Å². The van der Waals surface area contributed by atoms with Crippen LogP contribution in [0.15, 0.2) is 192 Å². The molecular weight excluding hydrogens is 683 g/mol. The van der Waals surface area contributed by atoms with E-state index in [1.54, 1.807) is 0 Å². The summed E-state index contributed by atoms with van der Waals surface area (Å²) in [5, 5.41) is 10.4. The first-order chi connectivity index (χ1) is 27.8. The first kappa shape index (κ1) is 30.9. The third-order valence-corrected chi connectivity index (χ3v) is 11.4. The molecule has 260 valence electrons. The van der Waals surface area contributed by atoms with Crippen LogP contribution in [0.4, 0.5) is 0 Å². The van der Waals surface area contributed by atoms with Crippen molar-refractivity contribution >= 4 is 76.2 Å². The molecule has 0 amide bonds. The van der Waals surface area contributed by atoms with Crippen LogP contribution < -0.4 is 0 Å². The Morgan fingerprint density at radius 2 is 0.982 bits per heavy atom. The zero-order chi connectivity index (χ0) is 36.7. The summed E-state index contributed by atoms with van der Waals surface area (Å²) in [5.74, 6) is 0.629. The Kier molecular flexibility index (Phi) is 6.60. The summed E-state index contributed by atoms with van der Waals surface area (Å²) < 4.78 is 8.68. The zero-order valence-corrected chi connectivity index (χ0v) is 30.1. The summed E-state index contributed by atoms with van der Waals surface area (Å²) in [6.45, 7) is 0. The fourth-order valence-corrected chi connectivity index (χ4v) is 8.93. The van der Waals surface area contributed by atoms with E-state index in [-0.39, 0.29) is 0 Å². The Morgan fingerprint density at radius 3 is 1.86 bits per heavy atom. The lowest BCUT2D eigenvalue weighted by Gasteiger charge is -2.14. The van der Waals surface area contributed by atoms with Crippen LogP contribution in [0.25, 0.3) is 116 Å². The highest BCUT2D eigenvalue weighted by atomic mass is 16.3. The summed E-state index contributed by atoms with van der Waals surface area (Å²) in [5.41, 5.74) is 11.3. The van der Waals surface area contributed by atoms with Gasteiger partial charge in [0.1, 0.15) is 11.2 Å². The Bertz CT molecular complexity index is 3530. The monoisotopic (exact) mass is 713 g/mol. The molecule has 0 unspecified atom stereocenters. The van der Waals surface area contributed by atoms with Gasteiger partial charge in [0.25, 0.3) is 0 Å². The fourth-order valence-electron chi connectivity index (χ4n) is 8.93. The van der Waals surface area contributed by atoms with Crippen molar-refractivity contribution in [1.29, 1.82) is 0 Å². The summed E-state index contributed by atoms with van der Waals surface area (Å²) >= 11 is 0. The van der Waals surface area contributed by atoms with E-state index in [9.17, 15) is 0 Å². The molecule has 0 aliphatic heterocycles. The molecule has 0 radical (unpaired) electrons. The first-order valence-electron chi connectivity index (χ1n) is 19.0. The molecule has 0 spiro atoms. The van der Waals surface area contributed by atoms with Gasteiger partial charge in [-0.1, -0.05) is 164 Å². The molecule has 56 heavy (non-hydrogen) atoms. The van der Waals surface area contributed by atoms with Gasteiger partial charge in [0.05, 0.1) is 22.2 Å². The maximum Gasteiger partial charge on any atom is 0.235 e. The number of fused-ring (bicyclic) bond motifs is 10. The van der Waals surface area contributed by atoms with Crippen LogP contribution in [-0.2, 0) is 0 Å². The fraction of sp³-hybridized carbons (Fsp3) is 0. The number of rotatable bonds is 4. The topological polar surface area (TPSA) is 43.9 Å². The second-order valence-corrected chi connectivity index (χ2v) is 14.5. The average molecular weight is 714 g/mol. The number of hydrogen-bond acceptors (Lipinski definition) is 3. The van der Waals surface area contributed by atoms with Crippen molar-refractivity contribution in [3.05, 3.63) is 188 Å². The van der Waals surface area contributed by atoms with Crippen molar-refractivity contribution in [3.63, 3.8) is 0 Å². The quantitative estimate of drug-likeness (QED) is 0.182. The van der Waals surface area contributed by atoms with Gasteiger partial charge < -0.3 is 4.42 Å². The van der Waals surface area contributed by atoms with Crippen LogP contribution in [0.3, 0.4) is 0 Å². The van der Waals surface area contributed by atoms with Gasteiger partial charge in [-0.3, -0.25) is 4.57 Å². The van der Waals surface area contributed by atoms with Gasteiger partial charge in [0, 0.05) is 38.1 Å². The van der Waals surface area contributed by atoms with Gasteiger partial charge in [-0.05, 0) is 62.5 Å². The molecule has 3 aromatic heterocycles. The standard InChI is InChI=1S/C52H31N3O/c1-3-15-36-32(12-1)14-9-19-37(36)34-26-28-35(29-27-34)50-41-17-5-7-23-44(41)53-52(54-50)55-45-31-30-33-13-2-4-16-38(33)48(45)43-22-10-21-40(51(43)55)39-20-11-25-47-49(39)42-18-6-8-24-46(42)56-47/h1-31H. The van der Waals surface area contributed by atoms with Crippen LogP contribution in [-0.4, -0.2) is 14.5 Å². The molecule has 9 aromatic carbocycles. The molecular formula is C52H31N3O. The molecule has 0 fully saturated rings. The molecule has 4 nitrogen and oxygen atoms in total. The molecule has 0 bridgehead atoms. The molecule has 3 heterocycles. The molecule has 12 aromatic rings. The summed E-state index contributed by atoms with van der Waals surface area (Å²) in [4.78, 5) is 10.9. The Balaban J connectivity index is 1.15. The maximum absolute atomic E-state index is 6.40. The number of furan rings is 1. The largest absolute Gasteiger partial charge is 0.456 e. The van der Waals surface area contributed by atoms with Crippen LogP contribution in [0.1, 0.15) is 0 Å². The van der Waals surface area contributed by atoms with Crippen LogP contribution in [0.5, 0.6) is 0 Å². The van der Waals surface area contributed by atoms with E-state index in [1.807, 2.05) is 12.1 Å². The van der Waals surface area contributed by atoms with E-state index in [1.165, 1.54) is 38.1 Å². The van der Waals surface area contributed by atoms with E-state index in [4.69, 9.17) is 14.4 Å². The lowest BCUT2D eigenvalue weighted by molar-refractivity contribution is 0.669. The summed E-state index contributed by atoms with van der Waals surface area (Å²) in [7, 11) is 0. The zero-order valence-electron chi connectivity index (χ0n) is 30.1.